The second kappa shape index (κ2) is 9.88. The van der Waals surface area contributed by atoms with Crippen molar-refractivity contribution >= 4 is 21.7 Å². The summed E-state index contributed by atoms with van der Waals surface area (Å²) in [6, 6.07) is 15.7. The predicted octanol–water partition coefficient (Wildman–Crippen LogP) is 4.32. The lowest BCUT2D eigenvalue weighted by molar-refractivity contribution is -0.115. The fourth-order valence-electron chi connectivity index (χ4n) is 3.34. The van der Waals surface area contributed by atoms with Gasteiger partial charge in [-0.25, -0.2) is 22.8 Å². The highest BCUT2D eigenvalue weighted by molar-refractivity contribution is 7.91. The van der Waals surface area contributed by atoms with Crippen molar-refractivity contribution in [3.8, 4) is 22.4 Å². The lowest BCUT2D eigenvalue weighted by Gasteiger charge is -2.11. The number of carbonyl (C=O) groups excluding carboxylic acids is 1. The van der Waals surface area contributed by atoms with Crippen LogP contribution in [0.4, 0.5) is 10.3 Å². The van der Waals surface area contributed by atoms with Gasteiger partial charge in [0.15, 0.2) is 9.84 Å². The van der Waals surface area contributed by atoms with Gasteiger partial charge >= 0.3 is 0 Å². The minimum Gasteiger partial charge on any atom is -0.294 e. The number of benzene rings is 2. The van der Waals surface area contributed by atoms with E-state index in [0.29, 0.717) is 22.4 Å². The van der Waals surface area contributed by atoms with Crippen LogP contribution in [0.2, 0.25) is 0 Å². The van der Waals surface area contributed by atoms with Crippen LogP contribution in [-0.2, 0) is 21.1 Å². The lowest BCUT2D eigenvalue weighted by atomic mass is 10.0. The summed E-state index contributed by atoms with van der Waals surface area (Å²) in [7, 11) is -3.30. The molecule has 0 aliphatic rings. The Bertz CT molecular complexity index is 1410. The van der Waals surface area contributed by atoms with Gasteiger partial charge in [-0.15, -0.1) is 0 Å². The van der Waals surface area contributed by atoms with E-state index in [0.717, 1.165) is 5.56 Å². The highest BCUT2D eigenvalue weighted by atomic mass is 32.2. The number of rotatable bonds is 7. The van der Waals surface area contributed by atoms with Crippen LogP contribution >= 0.6 is 0 Å². The third-order valence-corrected chi connectivity index (χ3v) is 6.91. The highest BCUT2D eigenvalue weighted by Gasteiger charge is 2.15. The topological polar surface area (TPSA) is 102 Å². The zero-order chi connectivity index (χ0) is 24.1. The van der Waals surface area contributed by atoms with Crippen molar-refractivity contribution in [2.24, 2.45) is 0 Å². The van der Waals surface area contributed by atoms with Gasteiger partial charge in [0.2, 0.25) is 11.9 Å². The molecule has 7 nitrogen and oxygen atoms in total. The van der Waals surface area contributed by atoms with E-state index in [1.807, 2.05) is 6.07 Å². The molecule has 0 saturated heterocycles. The largest absolute Gasteiger partial charge is 0.294 e. The van der Waals surface area contributed by atoms with E-state index in [-0.39, 0.29) is 34.7 Å². The van der Waals surface area contributed by atoms with E-state index in [9.17, 15) is 17.6 Å². The molecule has 0 bridgehead atoms. The number of nitrogens with zero attached hydrogens (tertiary/aromatic N) is 3. The average Bonchev–Trinajstić information content (AvgIpc) is 2.85. The van der Waals surface area contributed by atoms with Crippen LogP contribution in [0, 0.1) is 5.82 Å². The Labute approximate surface area is 196 Å². The molecule has 1 N–H and O–H groups in total. The minimum atomic E-state index is -3.30. The van der Waals surface area contributed by atoms with Crippen molar-refractivity contribution in [3.63, 3.8) is 0 Å². The maximum absolute atomic E-state index is 13.5. The highest BCUT2D eigenvalue weighted by Crippen LogP contribution is 2.30. The van der Waals surface area contributed by atoms with Crippen molar-refractivity contribution in [2.45, 2.75) is 18.2 Å². The second-order valence-electron chi connectivity index (χ2n) is 7.48. The van der Waals surface area contributed by atoms with Crippen LogP contribution < -0.4 is 5.32 Å². The summed E-state index contributed by atoms with van der Waals surface area (Å²) in [6.07, 6.45) is 4.93. The normalized spacial score (nSPS) is 11.2. The number of aromatic nitrogens is 3. The number of pyridine rings is 1. The molecule has 0 unspecified atom stereocenters. The van der Waals surface area contributed by atoms with E-state index in [1.54, 1.807) is 55.8 Å². The van der Waals surface area contributed by atoms with Crippen molar-refractivity contribution in [3.05, 3.63) is 90.6 Å². The molecule has 2 aromatic carbocycles. The summed E-state index contributed by atoms with van der Waals surface area (Å²) < 4.78 is 37.4. The summed E-state index contributed by atoms with van der Waals surface area (Å²) in [5.41, 5.74) is 3.30. The smallest absolute Gasteiger partial charge is 0.231 e. The van der Waals surface area contributed by atoms with Gasteiger partial charge < -0.3 is 0 Å². The van der Waals surface area contributed by atoms with E-state index in [1.165, 1.54) is 24.3 Å². The Balaban J connectivity index is 1.58. The molecule has 4 aromatic rings. The number of hydrogen-bond acceptors (Lipinski definition) is 6. The Hall–Kier alpha value is -3.98. The second-order valence-corrected chi connectivity index (χ2v) is 9.76. The molecular weight excluding hydrogens is 455 g/mol. The summed E-state index contributed by atoms with van der Waals surface area (Å²) >= 11 is 0. The van der Waals surface area contributed by atoms with Gasteiger partial charge in [0, 0.05) is 35.3 Å². The molecule has 2 heterocycles. The number of anilines is 1. The average molecular weight is 477 g/mol. The summed E-state index contributed by atoms with van der Waals surface area (Å²) in [6.45, 7) is 1.58. The Morgan fingerprint density at radius 1 is 0.971 bits per heavy atom. The quantitative estimate of drug-likeness (QED) is 0.426. The fraction of sp³-hybridized carbons (Fsp3) is 0.120. The van der Waals surface area contributed by atoms with Gasteiger partial charge in [0.25, 0.3) is 0 Å². The van der Waals surface area contributed by atoms with Crippen molar-refractivity contribution in [1.82, 2.24) is 15.0 Å². The summed E-state index contributed by atoms with van der Waals surface area (Å²) in [5, 5.41) is 2.68. The maximum Gasteiger partial charge on any atom is 0.231 e. The SMILES string of the molecule is CCS(=O)(=O)c1ccc(CC(=O)Nc2ncc(-c3cccnc3)c(-c3ccc(F)cc3)n2)cc1. The summed E-state index contributed by atoms with van der Waals surface area (Å²) in [5.74, 6) is -0.616. The molecule has 34 heavy (non-hydrogen) atoms. The van der Waals surface area contributed by atoms with Gasteiger partial charge in [0.05, 0.1) is 22.8 Å². The standard InChI is InChI=1S/C25H21FN4O3S/c1-2-34(32,33)21-11-5-17(6-12-21)14-23(31)29-25-28-16-22(19-4-3-13-27-15-19)24(30-25)18-7-9-20(26)10-8-18/h3-13,15-16H,2,14H2,1H3,(H,28,29,30,31). The first-order chi connectivity index (χ1) is 16.4. The van der Waals surface area contributed by atoms with E-state index in [2.05, 4.69) is 20.3 Å². The molecule has 0 radical (unpaired) electrons. The third-order valence-electron chi connectivity index (χ3n) is 5.16. The fourth-order valence-corrected chi connectivity index (χ4v) is 4.22. The molecule has 0 saturated carbocycles. The van der Waals surface area contributed by atoms with E-state index >= 15 is 0 Å². The molecule has 0 aliphatic carbocycles. The zero-order valence-electron chi connectivity index (χ0n) is 18.3. The Morgan fingerprint density at radius 3 is 2.35 bits per heavy atom. The number of hydrogen-bond donors (Lipinski definition) is 1. The lowest BCUT2D eigenvalue weighted by Crippen LogP contribution is -2.17. The molecule has 2 aromatic heterocycles. The van der Waals surface area contributed by atoms with E-state index in [4.69, 9.17) is 0 Å². The van der Waals surface area contributed by atoms with Crippen molar-refractivity contribution in [2.75, 3.05) is 11.1 Å². The van der Waals surface area contributed by atoms with Crippen LogP contribution in [-0.4, -0.2) is 35.0 Å². The molecule has 0 fully saturated rings. The molecule has 0 aliphatic heterocycles. The number of carbonyl (C=O) groups is 1. The molecular formula is C25H21FN4O3S. The van der Waals surface area contributed by atoms with Crippen LogP contribution in [0.5, 0.6) is 0 Å². The molecule has 0 spiro atoms. The molecule has 0 atom stereocenters. The number of amides is 1. The van der Waals surface area contributed by atoms with Crippen LogP contribution in [0.25, 0.3) is 22.4 Å². The number of nitrogens with one attached hydrogen (secondary N) is 1. The van der Waals surface area contributed by atoms with Gasteiger partial charge in [-0.2, -0.15) is 0 Å². The number of halogens is 1. The van der Waals surface area contributed by atoms with Crippen molar-refractivity contribution < 1.29 is 17.6 Å². The van der Waals surface area contributed by atoms with Gasteiger partial charge in [-0.05, 0) is 48.0 Å². The molecule has 4 rings (SSSR count). The van der Waals surface area contributed by atoms with Crippen LogP contribution in [0.15, 0.2) is 84.1 Å². The van der Waals surface area contributed by atoms with Crippen LogP contribution in [0.3, 0.4) is 0 Å². The summed E-state index contributed by atoms with van der Waals surface area (Å²) in [4.78, 5) is 25.7. The first-order valence-corrected chi connectivity index (χ1v) is 12.2. The Morgan fingerprint density at radius 2 is 1.71 bits per heavy atom. The molecule has 172 valence electrons. The minimum absolute atomic E-state index is 0.00952. The first kappa shape index (κ1) is 23.2. The number of sulfone groups is 1. The maximum atomic E-state index is 13.5. The van der Waals surface area contributed by atoms with Gasteiger partial charge in [-0.1, -0.05) is 25.1 Å². The molecule has 9 heteroatoms. The molecule has 1 amide bonds. The Kier molecular flexibility index (Phi) is 6.74. The van der Waals surface area contributed by atoms with Gasteiger partial charge in [-0.3, -0.25) is 15.1 Å². The zero-order valence-corrected chi connectivity index (χ0v) is 19.1. The third kappa shape index (κ3) is 5.32. The van der Waals surface area contributed by atoms with Crippen molar-refractivity contribution in [1.29, 1.82) is 0 Å². The van der Waals surface area contributed by atoms with Crippen LogP contribution in [0.1, 0.15) is 12.5 Å². The van der Waals surface area contributed by atoms with E-state index < -0.39 is 9.84 Å². The van der Waals surface area contributed by atoms with Gasteiger partial charge in [0.1, 0.15) is 5.82 Å². The predicted molar refractivity (Wildman–Crippen MR) is 127 cm³/mol. The first-order valence-electron chi connectivity index (χ1n) is 10.5. The monoisotopic (exact) mass is 476 g/mol.